The number of methoxy groups -OCH3 is 1. The molecule has 6 nitrogen and oxygen atoms in total. The molecule has 2 rings (SSSR count). The summed E-state index contributed by atoms with van der Waals surface area (Å²) >= 11 is 6.06. The molecule has 1 unspecified atom stereocenters. The van der Waals surface area contributed by atoms with E-state index in [-0.39, 0.29) is 6.61 Å². The van der Waals surface area contributed by atoms with Gasteiger partial charge in [-0.25, -0.2) is 4.79 Å². The number of aryl methyl sites for hydroxylation is 3. The Morgan fingerprint density at radius 2 is 1.79 bits per heavy atom. The van der Waals surface area contributed by atoms with Crippen molar-refractivity contribution in [3.8, 4) is 11.5 Å². The van der Waals surface area contributed by atoms with Gasteiger partial charge >= 0.3 is 5.97 Å². The maximum Gasteiger partial charge on any atom is 0.344 e. The standard InChI is InChI=1S/C21H24ClNO5/c1-12-6-7-16(8-13(12)2)27-11-20(24)28-15(4)21(25)23-18-9-14(3)17(22)10-19(18)26-5/h6-10,15H,11H2,1-5H3,(H,23,25). The van der Waals surface area contributed by atoms with E-state index in [9.17, 15) is 9.59 Å². The summed E-state index contributed by atoms with van der Waals surface area (Å²) in [5.74, 6) is -0.140. The number of anilines is 1. The second kappa shape index (κ2) is 9.46. The van der Waals surface area contributed by atoms with Gasteiger partial charge in [0, 0.05) is 11.1 Å². The number of hydrogen-bond donors (Lipinski definition) is 1. The van der Waals surface area contributed by atoms with E-state index in [4.69, 9.17) is 25.8 Å². The van der Waals surface area contributed by atoms with Gasteiger partial charge in [-0.1, -0.05) is 17.7 Å². The molecule has 0 saturated carbocycles. The van der Waals surface area contributed by atoms with Crippen LogP contribution in [-0.2, 0) is 14.3 Å². The van der Waals surface area contributed by atoms with E-state index in [0.717, 1.165) is 16.7 Å². The zero-order valence-corrected chi connectivity index (χ0v) is 17.3. The third-order valence-corrected chi connectivity index (χ3v) is 4.66. The van der Waals surface area contributed by atoms with Crippen LogP contribution < -0.4 is 14.8 Å². The van der Waals surface area contributed by atoms with Crippen molar-refractivity contribution in [2.24, 2.45) is 0 Å². The van der Waals surface area contributed by atoms with Crippen molar-refractivity contribution in [1.82, 2.24) is 0 Å². The lowest BCUT2D eigenvalue weighted by atomic mass is 10.1. The van der Waals surface area contributed by atoms with Gasteiger partial charge in [-0.15, -0.1) is 0 Å². The van der Waals surface area contributed by atoms with Crippen LogP contribution in [0.15, 0.2) is 30.3 Å². The Morgan fingerprint density at radius 3 is 2.43 bits per heavy atom. The van der Waals surface area contributed by atoms with Crippen molar-refractivity contribution in [2.75, 3.05) is 19.0 Å². The Morgan fingerprint density at radius 1 is 1.07 bits per heavy atom. The second-order valence-corrected chi connectivity index (χ2v) is 6.86. The van der Waals surface area contributed by atoms with Crippen LogP contribution in [0.25, 0.3) is 0 Å². The van der Waals surface area contributed by atoms with E-state index in [1.165, 1.54) is 14.0 Å². The molecule has 0 heterocycles. The van der Waals surface area contributed by atoms with Crippen LogP contribution >= 0.6 is 11.6 Å². The van der Waals surface area contributed by atoms with Crippen LogP contribution in [-0.4, -0.2) is 31.7 Å². The lowest BCUT2D eigenvalue weighted by molar-refractivity contribution is -0.155. The Bertz CT molecular complexity index is 881. The first kappa shape index (κ1) is 21.6. The van der Waals surface area contributed by atoms with Gasteiger partial charge in [0.15, 0.2) is 12.7 Å². The largest absolute Gasteiger partial charge is 0.495 e. The SMILES string of the molecule is COc1cc(Cl)c(C)cc1NC(=O)C(C)OC(=O)COc1ccc(C)c(C)c1. The molecule has 0 aliphatic carbocycles. The number of ether oxygens (including phenoxy) is 3. The smallest absolute Gasteiger partial charge is 0.344 e. The number of rotatable bonds is 7. The van der Waals surface area contributed by atoms with Crippen LogP contribution in [0.1, 0.15) is 23.6 Å². The predicted molar refractivity (Wildman–Crippen MR) is 108 cm³/mol. The van der Waals surface area contributed by atoms with Crippen molar-refractivity contribution < 1.29 is 23.8 Å². The maximum atomic E-state index is 12.4. The molecule has 1 atom stereocenters. The fraction of sp³-hybridized carbons (Fsp3) is 0.333. The fourth-order valence-electron chi connectivity index (χ4n) is 2.39. The maximum absolute atomic E-state index is 12.4. The zero-order chi connectivity index (χ0) is 20.8. The van der Waals surface area contributed by atoms with Gasteiger partial charge in [-0.05, 0) is 62.6 Å². The topological polar surface area (TPSA) is 73.9 Å². The minimum absolute atomic E-state index is 0.288. The molecule has 0 aromatic heterocycles. The van der Waals surface area contributed by atoms with E-state index in [0.29, 0.717) is 22.2 Å². The summed E-state index contributed by atoms with van der Waals surface area (Å²) in [6.07, 6.45) is -1.00. The van der Waals surface area contributed by atoms with Crippen molar-refractivity contribution >= 4 is 29.2 Å². The van der Waals surface area contributed by atoms with Crippen molar-refractivity contribution in [3.05, 3.63) is 52.0 Å². The van der Waals surface area contributed by atoms with Gasteiger partial charge in [-0.2, -0.15) is 0 Å². The molecule has 7 heteroatoms. The first-order chi connectivity index (χ1) is 13.2. The zero-order valence-electron chi connectivity index (χ0n) is 16.6. The van der Waals surface area contributed by atoms with Gasteiger partial charge in [0.05, 0.1) is 12.8 Å². The van der Waals surface area contributed by atoms with Crippen LogP contribution in [0, 0.1) is 20.8 Å². The van der Waals surface area contributed by atoms with E-state index in [2.05, 4.69) is 5.32 Å². The molecule has 0 aliphatic heterocycles. The number of nitrogens with one attached hydrogen (secondary N) is 1. The molecule has 150 valence electrons. The lowest BCUT2D eigenvalue weighted by Gasteiger charge is -2.16. The summed E-state index contributed by atoms with van der Waals surface area (Å²) < 4.78 is 15.8. The van der Waals surface area contributed by atoms with Gasteiger partial charge in [-0.3, -0.25) is 4.79 Å². The molecule has 1 amide bonds. The first-order valence-corrected chi connectivity index (χ1v) is 9.13. The molecular weight excluding hydrogens is 382 g/mol. The molecule has 0 radical (unpaired) electrons. The average Bonchev–Trinajstić information content (AvgIpc) is 2.65. The number of carbonyl (C=O) groups is 2. The highest BCUT2D eigenvalue weighted by Gasteiger charge is 2.20. The number of hydrogen-bond acceptors (Lipinski definition) is 5. The molecule has 1 N–H and O–H groups in total. The van der Waals surface area contributed by atoms with Crippen molar-refractivity contribution in [3.63, 3.8) is 0 Å². The molecule has 0 spiro atoms. The van der Waals surface area contributed by atoms with E-state index in [1.807, 2.05) is 32.9 Å². The third-order valence-electron chi connectivity index (χ3n) is 4.25. The Balaban J connectivity index is 1.92. The molecule has 0 saturated heterocycles. The summed E-state index contributed by atoms with van der Waals surface area (Å²) in [5, 5.41) is 3.21. The minimum Gasteiger partial charge on any atom is -0.495 e. The number of amides is 1. The van der Waals surface area contributed by atoms with Gasteiger partial charge < -0.3 is 19.5 Å². The summed E-state index contributed by atoms with van der Waals surface area (Å²) in [6, 6.07) is 8.83. The minimum atomic E-state index is -1.00. The van der Waals surface area contributed by atoms with Crippen LogP contribution in [0.5, 0.6) is 11.5 Å². The van der Waals surface area contributed by atoms with Crippen LogP contribution in [0.4, 0.5) is 5.69 Å². The van der Waals surface area contributed by atoms with Gasteiger partial charge in [0.1, 0.15) is 11.5 Å². The number of esters is 1. The number of carbonyl (C=O) groups excluding carboxylic acids is 2. The second-order valence-electron chi connectivity index (χ2n) is 6.46. The lowest BCUT2D eigenvalue weighted by Crippen LogP contribution is -2.31. The summed E-state index contributed by atoms with van der Waals surface area (Å²) in [4.78, 5) is 24.3. The Kier molecular flexibility index (Phi) is 7.29. The first-order valence-electron chi connectivity index (χ1n) is 8.75. The van der Waals surface area contributed by atoms with Gasteiger partial charge in [0.2, 0.25) is 0 Å². The summed E-state index contributed by atoms with van der Waals surface area (Å²) in [5.41, 5.74) is 3.42. The van der Waals surface area contributed by atoms with E-state index >= 15 is 0 Å². The van der Waals surface area contributed by atoms with E-state index < -0.39 is 18.0 Å². The van der Waals surface area contributed by atoms with Crippen molar-refractivity contribution in [2.45, 2.75) is 33.8 Å². The predicted octanol–water partition coefficient (Wildman–Crippen LogP) is 4.22. The van der Waals surface area contributed by atoms with E-state index in [1.54, 1.807) is 18.2 Å². The summed E-state index contributed by atoms with van der Waals surface area (Å²) in [7, 11) is 1.48. The van der Waals surface area contributed by atoms with Crippen LogP contribution in [0.2, 0.25) is 5.02 Å². The fourth-order valence-corrected chi connectivity index (χ4v) is 2.55. The monoisotopic (exact) mass is 405 g/mol. The molecule has 0 bridgehead atoms. The highest BCUT2D eigenvalue weighted by atomic mass is 35.5. The summed E-state index contributed by atoms with van der Waals surface area (Å²) in [6.45, 7) is 6.96. The average molecular weight is 406 g/mol. The molecule has 0 fully saturated rings. The van der Waals surface area contributed by atoms with Crippen LogP contribution in [0.3, 0.4) is 0 Å². The Hall–Kier alpha value is -2.73. The molecule has 0 aliphatic rings. The molecule has 2 aromatic carbocycles. The molecule has 2 aromatic rings. The quantitative estimate of drug-likeness (QED) is 0.698. The number of halogens is 1. The highest BCUT2D eigenvalue weighted by molar-refractivity contribution is 6.31. The van der Waals surface area contributed by atoms with Gasteiger partial charge in [0.25, 0.3) is 5.91 Å². The number of benzene rings is 2. The molecule has 28 heavy (non-hydrogen) atoms. The van der Waals surface area contributed by atoms with Crippen molar-refractivity contribution in [1.29, 1.82) is 0 Å². The molecular formula is C21H24ClNO5. The highest BCUT2D eigenvalue weighted by Crippen LogP contribution is 2.31. The Labute approximate surface area is 169 Å². The normalized spacial score (nSPS) is 11.5. The third kappa shape index (κ3) is 5.63.